The largest absolute Gasteiger partial charge is 0.494 e. The maximum atomic E-state index is 5.96. The third-order valence-corrected chi connectivity index (χ3v) is 4.03. The van der Waals surface area contributed by atoms with Crippen molar-refractivity contribution in [3.05, 3.63) is 54.1 Å². The van der Waals surface area contributed by atoms with Crippen molar-refractivity contribution in [2.45, 2.75) is 18.8 Å². The molecule has 2 aromatic carbocycles. The second-order valence-electron chi connectivity index (χ2n) is 5.64. The first kappa shape index (κ1) is 15.7. The summed E-state index contributed by atoms with van der Waals surface area (Å²) in [6.07, 6.45) is 1.95. The molecule has 4 nitrogen and oxygen atoms in total. The average molecular weight is 313 g/mol. The highest BCUT2D eigenvalue weighted by atomic mass is 16.6. The van der Waals surface area contributed by atoms with Crippen LogP contribution in [0, 0.1) is 0 Å². The molecule has 0 bridgehead atoms. The maximum Gasteiger partial charge on any atom is 0.161 e. The van der Waals surface area contributed by atoms with Gasteiger partial charge in [0.15, 0.2) is 11.5 Å². The number of fused-ring (bicyclic) bond motifs is 1. The van der Waals surface area contributed by atoms with Crippen molar-refractivity contribution >= 4 is 0 Å². The molecule has 4 heteroatoms. The zero-order chi connectivity index (χ0) is 15.9. The Balaban J connectivity index is 1.53. The number of nitrogens with two attached hydrogens (primary N) is 1. The van der Waals surface area contributed by atoms with Crippen molar-refractivity contribution < 1.29 is 14.2 Å². The first-order valence-corrected chi connectivity index (χ1v) is 8.14. The molecule has 0 aromatic heterocycles. The fourth-order valence-corrected chi connectivity index (χ4v) is 2.77. The van der Waals surface area contributed by atoms with Gasteiger partial charge < -0.3 is 19.9 Å². The van der Waals surface area contributed by atoms with Crippen LogP contribution in [-0.2, 0) is 0 Å². The summed E-state index contributed by atoms with van der Waals surface area (Å²) in [4.78, 5) is 0. The minimum atomic E-state index is 0.310. The van der Waals surface area contributed by atoms with E-state index in [1.807, 2.05) is 36.4 Å². The van der Waals surface area contributed by atoms with Crippen LogP contribution >= 0.6 is 0 Å². The number of ether oxygens (including phenoxy) is 3. The molecule has 0 saturated heterocycles. The van der Waals surface area contributed by atoms with Gasteiger partial charge in [0.2, 0.25) is 0 Å². The summed E-state index contributed by atoms with van der Waals surface area (Å²) in [5.74, 6) is 2.87. The molecule has 3 rings (SSSR count). The summed E-state index contributed by atoms with van der Waals surface area (Å²) in [6.45, 7) is 2.54. The van der Waals surface area contributed by atoms with Crippen molar-refractivity contribution in [2.24, 2.45) is 5.73 Å². The van der Waals surface area contributed by atoms with Gasteiger partial charge in [-0.05, 0) is 55.1 Å². The minimum Gasteiger partial charge on any atom is -0.494 e. The van der Waals surface area contributed by atoms with Gasteiger partial charge in [-0.2, -0.15) is 0 Å². The summed E-state index contributed by atoms with van der Waals surface area (Å²) < 4.78 is 17.0. The lowest BCUT2D eigenvalue weighted by molar-refractivity contribution is 0.171. The molecule has 0 fully saturated rings. The number of para-hydroxylation sites is 1. The Morgan fingerprint density at radius 1 is 1.00 bits per heavy atom. The molecule has 0 saturated carbocycles. The van der Waals surface area contributed by atoms with Crippen LogP contribution in [0.4, 0.5) is 0 Å². The zero-order valence-corrected chi connectivity index (χ0v) is 13.2. The van der Waals surface area contributed by atoms with Crippen LogP contribution in [0.2, 0.25) is 0 Å². The molecule has 23 heavy (non-hydrogen) atoms. The Kier molecular flexibility index (Phi) is 5.37. The third-order valence-electron chi connectivity index (χ3n) is 4.03. The van der Waals surface area contributed by atoms with Gasteiger partial charge in [0, 0.05) is 0 Å². The van der Waals surface area contributed by atoms with Gasteiger partial charge in [-0.25, -0.2) is 0 Å². The van der Waals surface area contributed by atoms with Crippen molar-refractivity contribution in [1.82, 2.24) is 0 Å². The van der Waals surface area contributed by atoms with E-state index < -0.39 is 0 Å². The Labute approximate surface area is 137 Å². The zero-order valence-electron chi connectivity index (χ0n) is 13.2. The molecule has 1 unspecified atom stereocenters. The molecule has 1 aliphatic heterocycles. The van der Waals surface area contributed by atoms with Gasteiger partial charge in [-0.1, -0.05) is 24.3 Å². The van der Waals surface area contributed by atoms with Crippen LogP contribution in [0.25, 0.3) is 0 Å². The van der Waals surface area contributed by atoms with Crippen LogP contribution in [0.3, 0.4) is 0 Å². The van der Waals surface area contributed by atoms with E-state index in [2.05, 4.69) is 12.1 Å². The standard InChI is InChI=1S/C19H23NO3/c20-14-16(5-4-10-21-17-6-2-1-3-7-17)15-8-9-18-19(13-15)23-12-11-22-18/h1-3,6-9,13,16H,4-5,10-12,14,20H2. The summed E-state index contributed by atoms with van der Waals surface area (Å²) in [5.41, 5.74) is 7.17. The highest BCUT2D eigenvalue weighted by molar-refractivity contribution is 5.44. The Hall–Kier alpha value is -2.20. The van der Waals surface area contributed by atoms with Crippen LogP contribution in [0.5, 0.6) is 17.2 Å². The summed E-state index contributed by atoms with van der Waals surface area (Å²) in [7, 11) is 0. The van der Waals surface area contributed by atoms with Crippen molar-refractivity contribution in [2.75, 3.05) is 26.4 Å². The molecule has 0 spiro atoms. The third kappa shape index (κ3) is 4.17. The molecule has 0 aliphatic carbocycles. The van der Waals surface area contributed by atoms with Crippen molar-refractivity contribution in [3.63, 3.8) is 0 Å². The Morgan fingerprint density at radius 3 is 2.57 bits per heavy atom. The predicted molar refractivity (Wildman–Crippen MR) is 90.4 cm³/mol. The summed E-state index contributed by atoms with van der Waals surface area (Å²) in [5, 5.41) is 0. The SMILES string of the molecule is NCC(CCCOc1ccccc1)c1ccc2c(c1)OCCO2. The van der Waals surface area contributed by atoms with Gasteiger partial charge in [0.05, 0.1) is 6.61 Å². The first-order valence-electron chi connectivity index (χ1n) is 8.14. The molecule has 2 N–H and O–H groups in total. The quantitative estimate of drug-likeness (QED) is 0.796. The summed E-state index contributed by atoms with van der Waals surface area (Å²) >= 11 is 0. The van der Waals surface area contributed by atoms with Crippen LogP contribution in [-0.4, -0.2) is 26.4 Å². The number of hydrogen-bond acceptors (Lipinski definition) is 4. The van der Waals surface area contributed by atoms with E-state index in [1.165, 1.54) is 5.56 Å². The fraction of sp³-hybridized carbons (Fsp3) is 0.368. The van der Waals surface area contributed by atoms with Gasteiger partial charge in [-0.3, -0.25) is 0 Å². The normalized spacial score (nSPS) is 14.3. The lowest BCUT2D eigenvalue weighted by Gasteiger charge is -2.21. The van der Waals surface area contributed by atoms with E-state index in [9.17, 15) is 0 Å². The van der Waals surface area contributed by atoms with E-state index in [-0.39, 0.29) is 0 Å². The molecule has 1 aliphatic rings. The number of rotatable bonds is 7. The summed E-state index contributed by atoms with van der Waals surface area (Å²) in [6, 6.07) is 16.0. The van der Waals surface area contributed by atoms with Gasteiger partial charge in [0.1, 0.15) is 19.0 Å². The van der Waals surface area contributed by atoms with E-state index >= 15 is 0 Å². The van der Waals surface area contributed by atoms with Crippen molar-refractivity contribution in [1.29, 1.82) is 0 Å². The first-order chi connectivity index (χ1) is 11.4. The second kappa shape index (κ2) is 7.88. The fourth-order valence-electron chi connectivity index (χ4n) is 2.77. The topological polar surface area (TPSA) is 53.7 Å². The highest BCUT2D eigenvalue weighted by Crippen LogP contribution is 2.34. The lowest BCUT2D eigenvalue weighted by Crippen LogP contribution is -2.17. The number of benzene rings is 2. The highest BCUT2D eigenvalue weighted by Gasteiger charge is 2.16. The monoisotopic (exact) mass is 313 g/mol. The van der Waals surface area contributed by atoms with Gasteiger partial charge in [-0.15, -0.1) is 0 Å². The molecule has 0 amide bonds. The Morgan fingerprint density at radius 2 is 1.78 bits per heavy atom. The van der Waals surface area contributed by atoms with E-state index in [0.717, 1.165) is 30.1 Å². The van der Waals surface area contributed by atoms with Crippen LogP contribution in [0.1, 0.15) is 24.3 Å². The minimum absolute atomic E-state index is 0.310. The van der Waals surface area contributed by atoms with E-state index in [1.54, 1.807) is 0 Å². The van der Waals surface area contributed by atoms with Gasteiger partial charge >= 0.3 is 0 Å². The smallest absolute Gasteiger partial charge is 0.161 e. The van der Waals surface area contributed by atoms with Crippen LogP contribution < -0.4 is 19.9 Å². The molecular weight excluding hydrogens is 290 g/mol. The Bertz CT molecular complexity index is 615. The molecule has 0 radical (unpaired) electrons. The molecular formula is C19H23NO3. The second-order valence-corrected chi connectivity index (χ2v) is 5.64. The average Bonchev–Trinajstić information content (AvgIpc) is 2.62. The maximum absolute atomic E-state index is 5.96. The van der Waals surface area contributed by atoms with Crippen LogP contribution in [0.15, 0.2) is 48.5 Å². The van der Waals surface area contributed by atoms with E-state index in [4.69, 9.17) is 19.9 Å². The predicted octanol–water partition coefficient (Wildman–Crippen LogP) is 3.36. The molecule has 122 valence electrons. The van der Waals surface area contributed by atoms with Gasteiger partial charge in [0.25, 0.3) is 0 Å². The van der Waals surface area contributed by atoms with E-state index in [0.29, 0.717) is 32.3 Å². The lowest BCUT2D eigenvalue weighted by atomic mass is 9.94. The molecule has 1 heterocycles. The van der Waals surface area contributed by atoms with Crippen molar-refractivity contribution in [3.8, 4) is 17.2 Å². The molecule has 2 aromatic rings. The number of hydrogen-bond donors (Lipinski definition) is 1. The molecule has 1 atom stereocenters.